The number of nitrogens with zero attached hydrogens (tertiary/aromatic N) is 1. The van der Waals surface area contributed by atoms with Crippen molar-refractivity contribution in [3.05, 3.63) is 0 Å². The van der Waals surface area contributed by atoms with E-state index in [4.69, 9.17) is 9.47 Å². The van der Waals surface area contributed by atoms with Crippen LogP contribution in [-0.4, -0.2) is 62.5 Å². The highest BCUT2D eigenvalue weighted by Crippen LogP contribution is 2.29. The summed E-state index contributed by atoms with van der Waals surface area (Å²) in [4.78, 5) is 13.4. The maximum atomic E-state index is 11.2. The Bertz CT molecular complexity index is 285. The molecule has 0 amide bonds. The highest BCUT2D eigenvalue weighted by atomic mass is 16.5. The first-order valence-corrected chi connectivity index (χ1v) is 6.70. The van der Waals surface area contributed by atoms with E-state index >= 15 is 0 Å². The summed E-state index contributed by atoms with van der Waals surface area (Å²) < 4.78 is 10.4. The van der Waals surface area contributed by atoms with E-state index < -0.39 is 11.4 Å². The van der Waals surface area contributed by atoms with Gasteiger partial charge in [0.25, 0.3) is 0 Å². The second-order valence-corrected chi connectivity index (χ2v) is 5.66. The summed E-state index contributed by atoms with van der Waals surface area (Å²) in [6.07, 6.45) is 3.42. The van der Waals surface area contributed by atoms with E-state index in [-0.39, 0.29) is 0 Å². The van der Waals surface area contributed by atoms with E-state index in [0.29, 0.717) is 19.8 Å². The number of carbonyl (C=O) groups is 1. The number of carboxylic acid groups (broad SMARTS) is 1. The van der Waals surface area contributed by atoms with Crippen LogP contribution in [0, 0.1) is 11.3 Å². The first-order chi connectivity index (χ1) is 8.62. The van der Waals surface area contributed by atoms with Gasteiger partial charge in [0.15, 0.2) is 0 Å². The Morgan fingerprint density at radius 3 is 2.50 bits per heavy atom. The van der Waals surface area contributed by atoms with Gasteiger partial charge in [-0.2, -0.15) is 0 Å². The van der Waals surface area contributed by atoms with Gasteiger partial charge in [-0.1, -0.05) is 0 Å². The van der Waals surface area contributed by atoms with Crippen molar-refractivity contribution in [3.8, 4) is 0 Å². The van der Waals surface area contributed by atoms with Gasteiger partial charge in [-0.25, -0.2) is 0 Å². The van der Waals surface area contributed by atoms with E-state index in [0.717, 1.165) is 44.9 Å². The summed E-state index contributed by atoms with van der Waals surface area (Å²) in [5.74, 6) is 0.00582. The van der Waals surface area contributed by atoms with Gasteiger partial charge in [0.2, 0.25) is 0 Å². The van der Waals surface area contributed by atoms with Crippen LogP contribution in [0.5, 0.6) is 0 Å². The van der Waals surface area contributed by atoms with Gasteiger partial charge in [-0.3, -0.25) is 4.79 Å². The van der Waals surface area contributed by atoms with Gasteiger partial charge in [0, 0.05) is 19.8 Å². The minimum absolute atomic E-state index is 0.351. The Kier molecular flexibility index (Phi) is 4.59. The Labute approximate surface area is 108 Å². The monoisotopic (exact) mass is 257 g/mol. The van der Waals surface area contributed by atoms with Crippen LogP contribution in [0.15, 0.2) is 0 Å². The first kappa shape index (κ1) is 13.8. The van der Waals surface area contributed by atoms with Crippen LogP contribution < -0.4 is 0 Å². The van der Waals surface area contributed by atoms with Crippen molar-refractivity contribution in [1.29, 1.82) is 0 Å². The number of hydrogen-bond donors (Lipinski definition) is 1. The van der Waals surface area contributed by atoms with Crippen molar-refractivity contribution >= 4 is 5.97 Å². The zero-order valence-corrected chi connectivity index (χ0v) is 11.1. The summed E-state index contributed by atoms with van der Waals surface area (Å²) in [6.45, 7) is 4.00. The lowest BCUT2D eigenvalue weighted by molar-refractivity contribution is -0.182. The van der Waals surface area contributed by atoms with Crippen LogP contribution in [0.2, 0.25) is 0 Å². The SMILES string of the molecule is CN(CCC1CCOCC1)CC1(C(=O)O)COC1. The highest BCUT2D eigenvalue weighted by molar-refractivity contribution is 5.76. The second-order valence-electron chi connectivity index (χ2n) is 5.66. The number of ether oxygens (including phenoxy) is 2. The predicted octanol–water partition coefficient (Wildman–Crippen LogP) is 0.836. The smallest absolute Gasteiger partial charge is 0.315 e. The minimum Gasteiger partial charge on any atom is -0.481 e. The molecule has 0 bridgehead atoms. The van der Waals surface area contributed by atoms with E-state index in [1.165, 1.54) is 0 Å². The lowest BCUT2D eigenvalue weighted by Crippen LogP contribution is -2.55. The molecule has 18 heavy (non-hydrogen) atoms. The molecule has 2 aliphatic heterocycles. The summed E-state index contributed by atoms with van der Waals surface area (Å²) in [6, 6.07) is 0. The Morgan fingerprint density at radius 2 is 2.00 bits per heavy atom. The normalized spacial score (nSPS) is 23.9. The largest absolute Gasteiger partial charge is 0.481 e. The number of carboxylic acids is 1. The standard InChI is InChI=1S/C13H23NO4/c1-14(5-2-11-3-6-17-7-4-11)8-13(12(15)16)9-18-10-13/h11H,2-10H2,1H3,(H,15,16). The second kappa shape index (κ2) is 5.99. The minimum atomic E-state index is -0.730. The molecule has 0 aliphatic carbocycles. The van der Waals surface area contributed by atoms with Crippen molar-refractivity contribution in [2.24, 2.45) is 11.3 Å². The van der Waals surface area contributed by atoms with E-state index in [2.05, 4.69) is 4.90 Å². The fourth-order valence-electron chi connectivity index (χ4n) is 2.66. The Hall–Kier alpha value is -0.650. The summed E-state index contributed by atoms with van der Waals surface area (Å²) in [7, 11) is 2.00. The molecular weight excluding hydrogens is 234 g/mol. The van der Waals surface area contributed by atoms with Gasteiger partial charge in [-0.15, -0.1) is 0 Å². The van der Waals surface area contributed by atoms with Crippen LogP contribution in [0.3, 0.4) is 0 Å². The van der Waals surface area contributed by atoms with Crippen LogP contribution in [-0.2, 0) is 14.3 Å². The molecule has 0 spiro atoms. The molecule has 5 nitrogen and oxygen atoms in total. The van der Waals surface area contributed by atoms with Crippen LogP contribution in [0.25, 0.3) is 0 Å². The number of rotatable bonds is 6. The first-order valence-electron chi connectivity index (χ1n) is 6.70. The van der Waals surface area contributed by atoms with Crippen LogP contribution in [0.4, 0.5) is 0 Å². The molecule has 0 aromatic rings. The van der Waals surface area contributed by atoms with E-state index in [9.17, 15) is 9.90 Å². The van der Waals surface area contributed by atoms with E-state index in [1.807, 2.05) is 7.05 Å². The molecule has 104 valence electrons. The summed E-state index contributed by atoms with van der Waals surface area (Å²) in [5, 5.41) is 9.23. The fourth-order valence-corrected chi connectivity index (χ4v) is 2.66. The van der Waals surface area contributed by atoms with Crippen molar-refractivity contribution in [2.75, 3.05) is 46.6 Å². The quantitative estimate of drug-likeness (QED) is 0.764. The van der Waals surface area contributed by atoms with Gasteiger partial charge in [0.05, 0.1) is 13.2 Å². The van der Waals surface area contributed by atoms with Crippen molar-refractivity contribution in [2.45, 2.75) is 19.3 Å². The Balaban J connectivity index is 1.71. The van der Waals surface area contributed by atoms with Gasteiger partial charge >= 0.3 is 5.97 Å². The number of hydrogen-bond acceptors (Lipinski definition) is 4. The van der Waals surface area contributed by atoms with Crippen molar-refractivity contribution < 1.29 is 19.4 Å². The average Bonchev–Trinajstić information content (AvgIpc) is 2.32. The maximum absolute atomic E-state index is 11.2. The van der Waals surface area contributed by atoms with Gasteiger partial charge in [-0.05, 0) is 38.8 Å². The van der Waals surface area contributed by atoms with Crippen molar-refractivity contribution in [1.82, 2.24) is 4.90 Å². The molecule has 1 N–H and O–H groups in total. The van der Waals surface area contributed by atoms with Crippen LogP contribution in [0.1, 0.15) is 19.3 Å². The van der Waals surface area contributed by atoms with Gasteiger partial charge < -0.3 is 19.5 Å². The lowest BCUT2D eigenvalue weighted by Gasteiger charge is -2.40. The molecule has 0 radical (unpaired) electrons. The average molecular weight is 257 g/mol. The molecule has 2 aliphatic rings. The molecule has 2 heterocycles. The topological polar surface area (TPSA) is 59.0 Å². The maximum Gasteiger partial charge on any atom is 0.315 e. The molecule has 2 rings (SSSR count). The molecule has 0 aromatic carbocycles. The summed E-state index contributed by atoms with van der Waals surface area (Å²) in [5.41, 5.74) is -0.662. The molecule has 0 unspecified atom stereocenters. The Morgan fingerprint density at radius 1 is 1.33 bits per heavy atom. The van der Waals surface area contributed by atoms with Crippen LogP contribution >= 0.6 is 0 Å². The molecule has 5 heteroatoms. The van der Waals surface area contributed by atoms with Crippen molar-refractivity contribution in [3.63, 3.8) is 0 Å². The third-order valence-electron chi connectivity index (χ3n) is 4.04. The molecule has 0 saturated carbocycles. The third kappa shape index (κ3) is 3.22. The zero-order chi connectivity index (χ0) is 13.0. The molecule has 0 aromatic heterocycles. The third-order valence-corrected chi connectivity index (χ3v) is 4.04. The molecule has 2 saturated heterocycles. The molecule has 0 atom stereocenters. The summed E-state index contributed by atoms with van der Waals surface area (Å²) >= 11 is 0. The van der Waals surface area contributed by atoms with E-state index in [1.54, 1.807) is 0 Å². The highest BCUT2D eigenvalue weighted by Gasteiger charge is 2.46. The predicted molar refractivity (Wildman–Crippen MR) is 66.5 cm³/mol. The zero-order valence-electron chi connectivity index (χ0n) is 11.1. The lowest BCUT2D eigenvalue weighted by atomic mass is 9.85. The molecular formula is C13H23NO4. The number of aliphatic carboxylic acids is 1. The molecule has 2 fully saturated rings. The fraction of sp³-hybridized carbons (Fsp3) is 0.923. The van der Waals surface area contributed by atoms with Gasteiger partial charge in [0.1, 0.15) is 5.41 Å².